The second kappa shape index (κ2) is 8.04. The number of aromatic nitrogens is 2. The van der Waals surface area contributed by atoms with Gasteiger partial charge >= 0.3 is 0 Å². The molecule has 0 radical (unpaired) electrons. The van der Waals surface area contributed by atoms with Crippen LogP contribution in [-0.4, -0.2) is 53.5 Å². The van der Waals surface area contributed by atoms with Gasteiger partial charge in [0.25, 0.3) is 0 Å². The highest BCUT2D eigenvalue weighted by molar-refractivity contribution is 5.28. The first-order chi connectivity index (χ1) is 9.01. The second-order valence-electron chi connectivity index (χ2n) is 5.47. The molecular weight excluding hydrogens is 240 g/mol. The van der Waals surface area contributed by atoms with Gasteiger partial charge in [0.1, 0.15) is 0 Å². The van der Waals surface area contributed by atoms with Crippen molar-refractivity contribution in [3.63, 3.8) is 0 Å². The molecule has 0 spiro atoms. The topological polar surface area (TPSA) is 70.3 Å². The predicted octanol–water partition coefficient (Wildman–Crippen LogP) is 0.782. The maximum absolute atomic E-state index is 5.28. The Bertz CT molecular complexity index is 349. The minimum atomic E-state index is 0.590. The number of hydrogen-bond donors (Lipinski definition) is 2. The van der Waals surface area contributed by atoms with Crippen LogP contribution in [0.3, 0.4) is 0 Å². The van der Waals surface area contributed by atoms with Crippen molar-refractivity contribution in [1.82, 2.24) is 19.8 Å². The zero-order valence-electron chi connectivity index (χ0n) is 12.4. The lowest BCUT2D eigenvalue weighted by atomic mass is 10.2. The third kappa shape index (κ3) is 6.47. The average Bonchev–Trinajstić information content (AvgIpc) is 2.36. The fraction of sp³-hybridized carbons (Fsp3) is 0.692. The number of anilines is 1. The van der Waals surface area contributed by atoms with Gasteiger partial charge in [0, 0.05) is 26.2 Å². The lowest BCUT2D eigenvalue weighted by molar-refractivity contribution is 0.209. The first kappa shape index (κ1) is 15.8. The molecule has 6 nitrogen and oxygen atoms in total. The summed E-state index contributed by atoms with van der Waals surface area (Å²) in [4.78, 5) is 13.2. The van der Waals surface area contributed by atoms with E-state index in [0.29, 0.717) is 11.7 Å². The maximum Gasteiger partial charge on any atom is 0.158 e. The van der Waals surface area contributed by atoms with E-state index in [1.54, 1.807) is 12.4 Å². The van der Waals surface area contributed by atoms with Crippen LogP contribution in [0.5, 0.6) is 0 Å². The molecular formula is C13H26N6. The predicted molar refractivity (Wildman–Crippen MR) is 78.5 cm³/mol. The lowest BCUT2D eigenvalue weighted by Crippen LogP contribution is -2.34. The summed E-state index contributed by atoms with van der Waals surface area (Å²) in [6.07, 6.45) is 3.44. The molecule has 0 fully saturated rings. The van der Waals surface area contributed by atoms with Crippen molar-refractivity contribution < 1.29 is 0 Å². The number of likely N-dealkylation sites (N-methyl/N-ethyl adjacent to an activating group) is 1. The van der Waals surface area contributed by atoms with Crippen LogP contribution in [0.1, 0.15) is 19.5 Å². The van der Waals surface area contributed by atoms with Crippen molar-refractivity contribution in [3.8, 4) is 0 Å². The zero-order valence-corrected chi connectivity index (χ0v) is 12.4. The number of nitrogens with one attached hydrogen (secondary N) is 1. The van der Waals surface area contributed by atoms with Crippen molar-refractivity contribution >= 4 is 5.82 Å². The normalized spacial score (nSPS) is 11.6. The molecule has 1 aromatic heterocycles. The third-order valence-electron chi connectivity index (χ3n) is 2.73. The Hall–Kier alpha value is -1.24. The van der Waals surface area contributed by atoms with E-state index >= 15 is 0 Å². The Morgan fingerprint density at radius 3 is 2.42 bits per heavy atom. The monoisotopic (exact) mass is 266 g/mol. The van der Waals surface area contributed by atoms with E-state index in [4.69, 9.17) is 5.84 Å². The molecule has 0 amide bonds. The summed E-state index contributed by atoms with van der Waals surface area (Å²) < 4.78 is 0. The molecule has 19 heavy (non-hydrogen) atoms. The molecule has 1 heterocycles. The van der Waals surface area contributed by atoms with Gasteiger partial charge in [-0.05, 0) is 20.0 Å². The van der Waals surface area contributed by atoms with Crippen LogP contribution < -0.4 is 11.3 Å². The van der Waals surface area contributed by atoms with Crippen LogP contribution >= 0.6 is 0 Å². The van der Waals surface area contributed by atoms with E-state index in [0.717, 1.165) is 31.9 Å². The molecule has 0 atom stereocenters. The number of hydrazine groups is 1. The van der Waals surface area contributed by atoms with Crippen molar-refractivity contribution in [2.45, 2.75) is 20.4 Å². The Labute approximate surface area is 116 Å². The highest BCUT2D eigenvalue weighted by Gasteiger charge is 2.09. The summed E-state index contributed by atoms with van der Waals surface area (Å²) in [6.45, 7) is 8.42. The second-order valence-corrected chi connectivity index (χ2v) is 5.47. The van der Waals surface area contributed by atoms with Crippen LogP contribution in [0.2, 0.25) is 0 Å². The molecule has 3 N–H and O–H groups in total. The molecule has 0 saturated heterocycles. The fourth-order valence-electron chi connectivity index (χ4n) is 1.83. The van der Waals surface area contributed by atoms with Crippen molar-refractivity contribution in [1.29, 1.82) is 0 Å². The highest BCUT2D eigenvalue weighted by atomic mass is 15.3. The summed E-state index contributed by atoms with van der Waals surface area (Å²) in [5, 5.41) is 0. The quantitative estimate of drug-likeness (QED) is 0.535. The van der Waals surface area contributed by atoms with Gasteiger partial charge in [-0.3, -0.25) is 9.88 Å². The fourth-order valence-corrected chi connectivity index (χ4v) is 1.83. The molecule has 0 aliphatic heterocycles. The van der Waals surface area contributed by atoms with E-state index in [-0.39, 0.29) is 0 Å². The standard InChI is InChI=1S/C13H26N6/c1-11(2)9-19(6-5-18(3)4)10-12-7-16-13(17-14)8-15-12/h7-8,11H,5-6,9-10,14H2,1-4H3,(H,16,17). The van der Waals surface area contributed by atoms with Crippen molar-refractivity contribution in [2.24, 2.45) is 11.8 Å². The van der Waals surface area contributed by atoms with E-state index in [9.17, 15) is 0 Å². The first-order valence-corrected chi connectivity index (χ1v) is 6.66. The summed E-state index contributed by atoms with van der Waals surface area (Å²) in [5.41, 5.74) is 3.46. The minimum Gasteiger partial charge on any atom is -0.308 e. The SMILES string of the molecule is CC(C)CN(CCN(C)C)Cc1cnc(NN)cn1. The molecule has 0 aliphatic rings. The van der Waals surface area contributed by atoms with Crippen molar-refractivity contribution in [2.75, 3.05) is 39.2 Å². The molecule has 6 heteroatoms. The average molecular weight is 266 g/mol. The van der Waals surface area contributed by atoms with E-state index in [2.05, 4.69) is 53.1 Å². The third-order valence-corrected chi connectivity index (χ3v) is 2.73. The van der Waals surface area contributed by atoms with Crippen LogP contribution in [0.25, 0.3) is 0 Å². The molecule has 108 valence electrons. The smallest absolute Gasteiger partial charge is 0.158 e. The largest absolute Gasteiger partial charge is 0.308 e. The van der Waals surface area contributed by atoms with Gasteiger partial charge in [-0.2, -0.15) is 0 Å². The molecule has 0 unspecified atom stereocenters. The molecule has 1 aromatic rings. The van der Waals surface area contributed by atoms with Gasteiger partial charge in [0.05, 0.1) is 18.1 Å². The van der Waals surface area contributed by atoms with Crippen LogP contribution in [0, 0.1) is 5.92 Å². The number of nitrogens with zero attached hydrogens (tertiary/aromatic N) is 4. The van der Waals surface area contributed by atoms with E-state index in [1.807, 2.05) is 0 Å². The number of nitrogen functional groups attached to an aromatic ring is 1. The Balaban J connectivity index is 2.58. The Morgan fingerprint density at radius 2 is 1.95 bits per heavy atom. The van der Waals surface area contributed by atoms with Gasteiger partial charge in [0.2, 0.25) is 0 Å². The summed E-state index contributed by atoms with van der Waals surface area (Å²) in [5.74, 6) is 6.51. The van der Waals surface area contributed by atoms with E-state index in [1.165, 1.54) is 0 Å². The Morgan fingerprint density at radius 1 is 1.21 bits per heavy atom. The number of hydrogen-bond acceptors (Lipinski definition) is 6. The molecule has 0 aliphatic carbocycles. The number of rotatable bonds is 8. The summed E-state index contributed by atoms with van der Waals surface area (Å²) in [6, 6.07) is 0. The summed E-state index contributed by atoms with van der Waals surface area (Å²) >= 11 is 0. The molecule has 0 saturated carbocycles. The van der Waals surface area contributed by atoms with Gasteiger partial charge in [-0.25, -0.2) is 10.8 Å². The van der Waals surface area contributed by atoms with Gasteiger partial charge in [-0.15, -0.1) is 0 Å². The zero-order chi connectivity index (χ0) is 14.3. The van der Waals surface area contributed by atoms with Crippen molar-refractivity contribution in [3.05, 3.63) is 18.1 Å². The molecule has 0 aromatic carbocycles. The summed E-state index contributed by atoms with van der Waals surface area (Å²) in [7, 11) is 4.18. The first-order valence-electron chi connectivity index (χ1n) is 6.66. The van der Waals surface area contributed by atoms with Crippen LogP contribution in [0.15, 0.2) is 12.4 Å². The maximum atomic E-state index is 5.28. The highest BCUT2D eigenvalue weighted by Crippen LogP contribution is 2.06. The van der Waals surface area contributed by atoms with Gasteiger partial charge in [-0.1, -0.05) is 13.8 Å². The number of nitrogens with two attached hydrogens (primary N) is 1. The minimum absolute atomic E-state index is 0.590. The molecule has 1 rings (SSSR count). The van der Waals surface area contributed by atoms with Gasteiger partial charge < -0.3 is 10.3 Å². The van der Waals surface area contributed by atoms with Gasteiger partial charge in [0.15, 0.2) is 5.82 Å². The lowest BCUT2D eigenvalue weighted by Gasteiger charge is -2.25. The van der Waals surface area contributed by atoms with E-state index < -0.39 is 0 Å². The van der Waals surface area contributed by atoms with Crippen LogP contribution in [0.4, 0.5) is 5.82 Å². The molecule has 0 bridgehead atoms. The van der Waals surface area contributed by atoms with Crippen LogP contribution in [-0.2, 0) is 6.54 Å². The Kier molecular flexibility index (Phi) is 6.69.